The molecule has 0 spiro atoms. The van der Waals surface area contributed by atoms with Crippen molar-refractivity contribution in [3.05, 3.63) is 57.5 Å². The van der Waals surface area contributed by atoms with Gasteiger partial charge in [-0.25, -0.2) is 5.10 Å². The quantitative estimate of drug-likeness (QED) is 0.729. The van der Waals surface area contributed by atoms with Crippen LogP contribution >= 0.6 is 0 Å². The molecule has 0 amide bonds. The van der Waals surface area contributed by atoms with Crippen molar-refractivity contribution in [2.45, 2.75) is 33.1 Å². The molecule has 1 fully saturated rings. The molecule has 8 heteroatoms. The fraction of sp³-hybridized carbons (Fsp3) is 0.381. The van der Waals surface area contributed by atoms with Gasteiger partial charge < -0.3 is 9.42 Å². The molecule has 29 heavy (non-hydrogen) atoms. The molecule has 3 aromatic rings. The average molecular weight is 390 g/mol. The van der Waals surface area contributed by atoms with Crippen LogP contribution in [0.15, 0.2) is 33.7 Å². The van der Waals surface area contributed by atoms with Gasteiger partial charge in [-0.15, -0.1) is 0 Å². The van der Waals surface area contributed by atoms with Crippen LogP contribution in [0.2, 0.25) is 0 Å². The molecule has 0 unspecified atom stereocenters. The SMILES string of the molecule is Cc1ccc(-c2noc(C)c2Cc2n[nH]c(=O)cc2N2CCC(C#N)CC2)cn1. The van der Waals surface area contributed by atoms with Crippen LogP contribution in [0.1, 0.15) is 35.6 Å². The number of hydrogen-bond donors (Lipinski definition) is 1. The van der Waals surface area contributed by atoms with Gasteiger partial charge in [0.25, 0.3) is 5.56 Å². The maximum absolute atomic E-state index is 12.0. The summed E-state index contributed by atoms with van der Waals surface area (Å²) in [5.41, 5.74) is 4.78. The van der Waals surface area contributed by atoms with Gasteiger partial charge in [-0.2, -0.15) is 10.4 Å². The minimum Gasteiger partial charge on any atom is -0.370 e. The number of piperidine rings is 1. The van der Waals surface area contributed by atoms with Gasteiger partial charge in [0.15, 0.2) is 0 Å². The fourth-order valence-corrected chi connectivity index (χ4v) is 3.67. The predicted molar refractivity (Wildman–Crippen MR) is 107 cm³/mol. The maximum atomic E-state index is 12.0. The van der Waals surface area contributed by atoms with Gasteiger partial charge in [0.1, 0.15) is 11.5 Å². The molecule has 4 rings (SSSR count). The lowest BCUT2D eigenvalue weighted by Crippen LogP contribution is -2.35. The second-order valence-corrected chi connectivity index (χ2v) is 7.39. The maximum Gasteiger partial charge on any atom is 0.266 e. The van der Waals surface area contributed by atoms with Crippen LogP contribution in [0.5, 0.6) is 0 Å². The van der Waals surface area contributed by atoms with E-state index in [1.165, 1.54) is 0 Å². The number of pyridine rings is 1. The van der Waals surface area contributed by atoms with Crippen molar-refractivity contribution in [2.75, 3.05) is 18.0 Å². The monoisotopic (exact) mass is 390 g/mol. The van der Waals surface area contributed by atoms with E-state index >= 15 is 0 Å². The third-order valence-corrected chi connectivity index (χ3v) is 5.40. The lowest BCUT2D eigenvalue weighted by atomic mass is 9.97. The average Bonchev–Trinajstić information content (AvgIpc) is 3.10. The minimum atomic E-state index is -0.240. The highest BCUT2D eigenvalue weighted by atomic mass is 16.5. The Bertz CT molecular complexity index is 1100. The highest BCUT2D eigenvalue weighted by Gasteiger charge is 2.24. The number of anilines is 1. The van der Waals surface area contributed by atoms with Gasteiger partial charge in [-0.1, -0.05) is 5.16 Å². The van der Waals surface area contributed by atoms with E-state index in [-0.39, 0.29) is 11.5 Å². The number of H-pyrrole nitrogens is 1. The topological polar surface area (TPSA) is 112 Å². The minimum absolute atomic E-state index is 0.0746. The van der Waals surface area contributed by atoms with E-state index < -0.39 is 0 Å². The van der Waals surface area contributed by atoms with Gasteiger partial charge in [0.05, 0.1) is 17.5 Å². The van der Waals surface area contributed by atoms with E-state index in [4.69, 9.17) is 9.78 Å². The Balaban J connectivity index is 1.68. The Kier molecular flexibility index (Phi) is 5.12. The number of aromatic amines is 1. The first kappa shape index (κ1) is 18.9. The summed E-state index contributed by atoms with van der Waals surface area (Å²) in [5, 5.41) is 20.3. The second-order valence-electron chi connectivity index (χ2n) is 7.39. The first-order chi connectivity index (χ1) is 14.0. The molecule has 1 aliphatic heterocycles. The first-order valence-corrected chi connectivity index (χ1v) is 9.66. The van der Waals surface area contributed by atoms with Gasteiger partial charge >= 0.3 is 0 Å². The smallest absolute Gasteiger partial charge is 0.266 e. The van der Waals surface area contributed by atoms with Crippen molar-refractivity contribution in [2.24, 2.45) is 5.92 Å². The van der Waals surface area contributed by atoms with Crippen LogP contribution in [-0.4, -0.2) is 33.4 Å². The van der Waals surface area contributed by atoms with Gasteiger partial charge in [-0.05, 0) is 38.8 Å². The molecule has 0 aromatic carbocycles. The molecule has 3 aromatic heterocycles. The Hall–Kier alpha value is -3.47. The van der Waals surface area contributed by atoms with Crippen molar-refractivity contribution < 1.29 is 4.52 Å². The van der Waals surface area contributed by atoms with Crippen molar-refractivity contribution in [1.29, 1.82) is 5.26 Å². The molecule has 1 N–H and O–H groups in total. The van der Waals surface area contributed by atoms with E-state index in [1.54, 1.807) is 12.3 Å². The van der Waals surface area contributed by atoms with Crippen LogP contribution in [0.4, 0.5) is 5.69 Å². The molecule has 4 heterocycles. The number of nitriles is 1. The van der Waals surface area contributed by atoms with Gasteiger partial charge in [-0.3, -0.25) is 9.78 Å². The molecule has 8 nitrogen and oxygen atoms in total. The van der Waals surface area contributed by atoms with Crippen LogP contribution < -0.4 is 10.5 Å². The number of rotatable bonds is 4. The second kappa shape index (κ2) is 7.87. The summed E-state index contributed by atoms with van der Waals surface area (Å²) in [7, 11) is 0. The Labute approximate surface area is 168 Å². The van der Waals surface area contributed by atoms with Crippen LogP contribution in [0, 0.1) is 31.1 Å². The fourth-order valence-electron chi connectivity index (χ4n) is 3.67. The Morgan fingerprint density at radius 3 is 2.79 bits per heavy atom. The largest absolute Gasteiger partial charge is 0.370 e. The van der Waals surface area contributed by atoms with Crippen molar-refractivity contribution in [3.63, 3.8) is 0 Å². The standard InChI is InChI=1S/C21H22N6O2/c1-13-3-4-16(12-23-13)21-17(14(2)29-26-21)9-18-19(10-20(28)25-24-18)27-7-5-15(11-22)6-8-27/h3-4,10,12,15H,5-9H2,1-2H3,(H,25,28). The molecule has 0 aliphatic carbocycles. The summed E-state index contributed by atoms with van der Waals surface area (Å²) in [6, 6.07) is 7.83. The number of hydrogen-bond acceptors (Lipinski definition) is 7. The molecule has 0 bridgehead atoms. The zero-order valence-corrected chi connectivity index (χ0v) is 16.5. The van der Waals surface area contributed by atoms with Crippen molar-refractivity contribution in [3.8, 4) is 17.3 Å². The molecular weight excluding hydrogens is 368 g/mol. The lowest BCUT2D eigenvalue weighted by molar-refractivity contribution is 0.398. The third-order valence-electron chi connectivity index (χ3n) is 5.40. The summed E-state index contributed by atoms with van der Waals surface area (Å²) >= 11 is 0. The number of aromatic nitrogens is 4. The van der Waals surface area contributed by atoms with Crippen LogP contribution in [0.25, 0.3) is 11.3 Å². The van der Waals surface area contributed by atoms with Crippen LogP contribution in [0.3, 0.4) is 0 Å². The van der Waals surface area contributed by atoms with Gasteiger partial charge in [0.2, 0.25) is 0 Å². The first-order valence-electron chi connectivity index (χ1n) is 9.66. The molecule has 1 aliphatic rings. The molecule has 1 saturated heterocycles. The van der Waals surface area contributed by atoms with Crippen molar-refractivity contribution >= 4 is 5.69 Å². The summed E-state index contributed by atoms with van der Waals surface area (Å²) in [6.07, 6.45) is 3.83. The normalized spacial score (nSPS) is 14.7. The summed E-state index contributed by atoms with van der Waals surface area (Å²) < 4.78 is 5.46. The predicted octanol–water partition coefficient (Wildman–Crippen LogP) is 2.77. The summed E-state index contributed by atoms with van der Waals surface area (Å²) in [5.74, 6) is 0.785. The number of nitrogens with zero attached hydrogens (tertiary/aromatic N) is 5. The molecule has 0 saturated carbocycles. The van der Waals surface area contributed by atoms with E-state index in [2.05, 4.69) is 31.3 Å². The van der Waals surface area contributed by atoms with E-state index in [0.29, 0.717) is 12.2 Å². The van der Waals surface area contributed by atoms with Crippen molar-refractivity contribution in [1.82, 2.24) is 20.3 Å². The summed E-state index contributed by atoms with van der Waals surface area (Å²) in [6.45, 7) is 5.27. The highest BCUT2D eigenvalue weighted by molar-refractivity contribution is 5.64. The molecular formula is C21H22N6O2. The van der Waals surface area contributed by atoms with E-state index in [0.717, 1.165) is 59.8 Å². The lowest BCUT2D eigenvalue weighted by Gasteiger charge is -2.31. The third kappa shape index (κ3) is 3.90. The molecule has 148 valence electrons. The molecule has 0 radical (unpaired) electrons. The zero-order chi connectivity index (χ0) is 20.4. The highest BCUT2D eigenvalue weighted by Crippen LogP contribution is 2.30. The number of aryl methyl sites for hydroxylation is 2. The van der Waals surface area contributed by atoms with Gasteiger partial charge in [0, 0.05) is 54.5 Å². The Morgan fingerprint density at radius 1 is 1.31 bits per heavy atom. The number of nitrogens with one attached hydrogen (secondary N) is 1. The Morgan fingerprint density at radius 2 is 2.10 bits per heavy atom. The van der Waals surface area contributed by atoms with Crippen LogP contribution in [-0.2, 0) is 6.42 Å². The van der Waals surface area contributed by atoms with E-state index in [1.807, 2.05) is 26.0 Å². The zero-order valence-electron chi connectivity index (χ0n) is 16.5. The summed E-state index contributed by atoms with van der Waals surface area (Å²) in [4.78, 5) is 18.5. The molecule has 0 atom stereocenters. The van der Waals surface area contributed by atoms with E-state index in [9.17, 15) is 4.79 Å².